The molecule has 0 radical (unpaired) electrons. The average Bonchev–Trinajstić information content (AvgIpc) is 2.40. The van der Waals surface area contributed by atoms with Gasteiger partial charge in [0.05, 0.1) is 11.7 Å². The Bertz CT molecular complexity index is 468. The Morgan fingerprint density at radius 2 is 1.94 bits per heavy atom. The minimum atomic E-state index is 0.269. The fraction of sp³-hybridized carbons (Fsp3) is 0.267. The first kappa shape index (κ1) is 13.2. The lowest BCUT2D eigenvalue weighted by Crippen LogP contribution is -2.23. The number of pyridine rings is 1. The first-order chi connectivity index (χ1) is 8.79. The highest BCUT2D eigenvalue weighted by Crippen LogP contribution is 2.18. The van der Waals surface area contributed by atoms with Crippen molar-refractivity contribution in [1.82, 2.24) is 10.3 Å². The molecule has 2 aromatic rings. The zero-order valence-corrected chi connectivity index (χ0v) is 12.0. The van der Waals surface area contributed by atoms with Gasteiger partial charge in [-0.3, -0.25) is 4.98 Å². The molecule has 1 heterocycles. The van der Waals surface area contributed by atoms with Crippen LogP contribution < -0.4 is 5.32 Å². The van der Waals surface area contributed by atoms with Gasteiger partial charge in [0.1, 0.15) is 0 Å². The summed E-state index contributed by atoms with van der Waals surface area (Å²) in [6.45, 7) is 3.06. The van der Waals surface area contributed by atoms with Crippen LogP contribution in [-0.4, -0.2) is 11.5 Å². The summed E-state index contributed by atoms with van der Waals surface area (Å²) in [6.07, 6.45) is 2.81. The molecule has 1 atom stereocenters. The van der Waals surface area contributed by atoms with E-state index in [2.05, 4.69) is 63.5 Å². The molecule has 0 spiro atoms. The molecule has 0 aliphatic carbocycles. The van der Waals surface area contributed by atoms with Gasteiger partial charge >= 0.3 is 0 Å². The van der Waals surface area contributed by atoms with Crippen molar-refractivity contribution in [3.8, 4) is 0 Å². The van der Waals surface area contributed by atoms with E-state index in [9.17, 15) is 0 Å². The van der Waals surface area contributed by atoms with Crippen LogP contribution in [-0.2, 0) is 6.42 Å². The van der Waals surface area contributed by atoms with Crippen LogP contribution >= 0.6 is 15.9 Å². The summed E-state index contributed by atoms with van der Waals surface area (Å²) < 4.78 is 1.02. The Morgan fingerprint density at radius 3 is 2.56 bits per heavy atom. The smallest absolute Gasteiger partial charge is 0.0577 e. The zero-order valence-electron chi connectivity index (χ0n) is 10.4. The highest BCUT2D eigenvalue weighted by molar-refractivity contribution is 9.10. The van der Waals surface area contributed by atoms with Crippen LogP contribution in [0.25, 0.3) is 0 Å². The second kappa shape index (κ2) is 6.66. The summed E-state index contributed by atoms with van der Waals surface area (Å²) in [7, 11) is 0. The largest absolute Gasteiger partial charge is 0.309 e. The maximum atomic E-state index is 4.48. The second-order valence-corrected chi connectivity index (χ2v) is 5.12. The highest BCUT2D eigenvalue weighted by atomic mass is 79.9. The van der Waals surface area contributed by atoms with E-state index in [1.165, 1.54) is 5.56 Å². The maximum Gasteiger partial charge on any atom is 0.0577 e. The number of likely N-dealkylation sites (N-methyl/N-ethyl adjacent to an activating group) is 1. The van der Waals surface area contributed by atoms with Gasteiger partial charge in [0.15, 0.2) is 0 Å². The number of benzene rings is 1. The normalized spacial score (nSPS) is 12.3. The SMILES string of the molecule is CCNC(Cc1ccccc1)c1ccc(Br)cn1. The van der Waals surface area contributed by atoms with E-state index in [1.807, 2.05) is 18.3 Å². The fourth-order valence-corrected chi connectivity index (χ4v) is 2.21. The Kier molecular flexibility index (Phi) is 4.90. The molecule has 18 heavy (non-hydrogen) atoms. The lowest BCUT2D eigenvalue weighted by molar-refractivity contribution is 0.536. The van der Waals surface area contributed by atoms with Crippen LogP contribution in [0, 0.1) is 0 Å². The molecule has 2 nitrogen and oxygen atoms in total. The Morgan fingerprint density at radius 1 is 1.17 bits per heavy atom. The summed E-state index contributed by atoms with van der Waals surface area (Å²) in [5, 5.41) is 3.49. The number of nitrogens with zero attached hydrogens (tertiary/aromatic N) is 1. The average molecular weight is 305 g/mol. The molecule has 0 aliphatic heterocycles. The lowest BCUT2D eigenvalue weighted by atomic mass is 10.0. The van der Waals surface area contributed by atoms with Gasteiger partial charge in [-0.15, -0.1) is 0 Å². The van der Waals surface area contributed by atoms with Crippen LogP contribution in [0.1, 0.15) is 24.2 Å². The van der Waals surface area contributed by atoms with Crippen molar-refractivity contribution in [2.75, 3.05) is 6.54 Å². The van der Waals surface area contributed by atoms with Crippen LogP contribution in [0.15, 0.2) is 53.1 Å². The van der Waals surface area contributed by atoms with Crippen molar-refractivity contribution < 1.29 is 0 Å². The molecule has 0 saturated heterocycles. The first-order valence-electron chi connectivity index (χ1n) is 6.18. The van der Waals surface area contributed by atoms with E-state index in [0.717, 1.165) is 23.1 Å². The first-order valence-corrected chi connectivity index (χ1v) is 6.97. The molecule has 94 valence electrons. The van der Waals surface area contributed by atoms with Gasteiger partial charge < -0.3 is 5.32 Å². The third-order valence-corrected chi connectivity index (χ3v) is 3.31. The van der Waals surface area contributed by atoms with Gasteiger partial charge in [-0.2, -0.15) is 0 Å². The molecular weight excluding hydrogens is 288 g/mol. The number of rotatable bonds is 5. The quantitative estimate of drug-likeness (QED) is 0.910. The summed E-state index contributed by atoms with van der Waals surface area (Å²) in [5.74, 6) is 0. The number of nitrogens with one attached hydrogen (secondary N) is 1. The molecule has 0 saturated carbocycles. The molecule has 0 fully saturated rings. The van der Waals surface area contributed by atoms with Crippen molar-refractivity contribution >= 4 is 15.9 Å². The zero-order chi connectivity index (χ0) is 12.8. The van der Waals surface area contributed by atoms with E-state index in [0.29, 0.717) is 0 Å². The van der Waals surface area contributed by atoms with Crippen LogP contribution in [0.2, 0.25) is 0 Å². The van der Waals surface area contributed by atoms with Crippen LogP contribution in [0.3, 0.4) is 0 Å². The second-order valence-electron chi connectivity index (χ2n) is 4.20. The predicted octanol–water partition coefficient (Wildman–Crippen LogP) is 3.74. The monoisotopic (exact) mass is 304 g/mol. The van der Waals surface area contributed by atoms with Gasteiger partial charge in [0.2, 0.25) is 0 Å². The van der Waals surface area contributed by atoms with Gasteiger partial charge in [0.25, 0.3) is 0 Å². The molecule has 0 aliphatic rings. The Hall–Kier alpha value is -1.19. The van der Waals surface area contributed by atoms with Crippen molar-refractivity contribution in [2.24, 2.45) is 0 Å². The van der Waals surface area contributed by atoms with E-state index in [1.54, 1.807) is 0 Å². The molecule has 3 heteroatoms. The van der Waals surface area contributed by atoms with E-state index in [4.69, 9.17) is 0 Å². The Balaban J connectivity index is 2.15. The number of hydrogen-bond donors (Lipinski definition) is 1. The standard InChI is InChI=1S/C15H17BrN2/c1-2-17-15(10-12-6-4-3-5-7-12)14-9-8-13(16)11-18-14/h3-9,11,15,17H,2,10H2,1H3. The minimum absolute atomic E-state index is 0.269. The molecule has 1 N–H and O–H groups in total. The van der Waals surface area contributed by atoms with Crippen LogP contribution in [0.4, 0.5) is 0 Å². The molecule has 0 amide bonds. The third kappa shape index (κ3) is 3.65. The highest BCUT2D eigenvalue weighted by Gasteiger charge is 2.12. The van der Waals surface area contributed by atoms with Gasteiger partial charge in [-0.05, 0) is 46.6 Å². The van der Waals surface area contributed by atoms with E-state index >= 15 is 0 Å². The fourth-order valence-electron chi connectivity index (χ4n) is 1.97. The minimum Gasteiger partial charge on any atom is -0.309 e. The third-order valence-electron chi connectivity index (χ3n) is 2.84. The van der Waals surface area contributed by atoms with Crippen molar-refractivity contribution in [3.63, 3.8) is 0 Å². The van der Waals surface area contributed by atoms with Gasteiger partial charge in [0, 0.05) is 10.7 Å². The van der Waals surface area contributed by atoms with Crippen molar-refractivity contribution in [3.05, 3.63) is 64.4 Å². The van der Waals surface area contributed by atoms with Crippen LogP contribution in [0.5, 0.6) is 0 Å². The molecular formula is C15H17BrN2. The molecule has 1 aromatic heterocycles. The molecule has 2 rings (SSSR count). The van der Waals surface area contributed by atoms with Gasteiger partial charge in [-0.1, -0.05) is 37.3 Å². The van der Waals surface area contributed by atoms with E-state index < -0.39 is 0 Å². The lowest BCUT2D eigenvalue weighted by Gasteiger charge is -2.17. The van der Waals surface area contributed by atoms with E-state index in [-0.39, 0.29) is 6.04 Å². The molecule has 1 unspecified atom stereocenters. The number of halogens is 1. The summed E-state index contributed by atoms with van der Waals surface area (Å²) in [6, 6.07) is 14.9. The molecule has 1 aromatic carbocycles. The summed E-state index contributed by atoms with van der Waals surface area (Å²) in [5.41, 5.74) is 2.41. The summed E-state index contributed by atoms with van der Waals surface area (Å²) >= 11 is 3.42. The maximum absolute atomic E-state index is 4.48. The topological polar surface area (TPSA) is 24.9 Å². The number of hydrogen-bond acceptors (Lipinski definition) is 2. The Labute approximate surface area is 117 Å². The predicted molar refractivity (Wildman–Crippen MR) is 78.5 cm³/mol. The molecule has 0 bridgehead atoms. The number of aromatic nitrogens is 1. The van der Waals surface area contributed by atoms with Crippen molar-refractivity contribution in [2.45, 2.75) is 19.4 Å². The van der Waals surface area contributed by atoms with Crippen molar-refractivity contribution in [1.29, 1.82) is 0 Å². The van der Waals surface area contributed by atoms with Gasteiger partial charge in [-0.25, -0.2) is 0 Å². The summed E-state index contributed by atoms with van der Waals surface area (Å²) in [4.78, 5) is 4.48.